The summed E-state index contributed by atoms with van der Waals surface area (Å²) in [5.41, 5.74) is 12.5. The molecule has 0 saturated heterocycles. The number of hydrogen-bond donors (Lipinski definition) is 0. The zero-order valence-corrected chi connectivity index (χ0v) is 31.4. The second kappa shape index (κ2) is 14.0. The smallest absolute Gasteiger partial charge is 0.227 e. The van der Waals surface area contributed by atoms with Crippen molar-refractivity contribution in [2.24, 2.45) is 0 Å². The maximum Gasteiger partial charge on any atom is 0.227 e. The van der Waals surface area contributed by atoms with Crippen LogP contribution in [-0.2, 0) is 0 Å². The average Bonchev–Trinajstić information content (AvgIpc) is 3.89. The Morgan fingerprint density at radius 1 is 0.328 bits per heavy atom. The fourth-order valence-electron chi connectivity index (χ4n) is 8.12. The fraction of sp³-hybridized carbons (Fsp3) is 0. The Morgan fingerprint density at radius 3 is 1.59 bits per heavy atom. The van der Waals surface area contributed by atoms with Crippen molar-refractivity contribution in [3.05, 3.63) is 212 Å². The number of aromatic nitrogens is 1. The molecule has 0 N–H and O–H groups in total. The third kappa shape index (κ3) is 5.85. The van der Waals surface area contributed by atoms with Gasteiger partial charge in [-0.15, -0.1) is 0 Å². The molecule has 0 unspecified atom stereocenters. The molecular formula is C53H35N3O2. The van der Waals surface area contributed by atoms with Gasteiger partial charge >= 0.3 is 0 Å². The highest BCUT2D eigenvalue weighted by Gasteiger charge is 2.25. The predicted octanol–water partition coefficient (Wildman–Crippen LogP) is 15.2. The van der Waals surface area contributed by atoms with Crippen LogP contribution in [0, 0.1) is 0 Å². The van der Waals surface area contributed by atoms with Gasteiger partial charge < -0.3 is 18.6 Å². The van der Waals surface area contributed by atoms with Gasteiger partial charge in [-0.1, -0.05) is 121 Å². The topological polar surface area (TPSA) is 45.7 Å². The Labute approximate surface area is 335 Å². The number of rotatable bonds is 8. The molecule has 0 aliphatic rings. The SMILES string of the molecule is c1ccc(-c2ccc(N(c3ccccc3)c3ccc4c(N(c5ccccc5)c5ccc6oc7ccccc7c6c5)c5nc(-c6ccccc6)oc5cc4c3)cc2)cc1. The van der Waals surface area contributed by atoms with E-state index in [0.717, 1.165) is 77.9 Å². The van der Waals surface area contributed by atoms with Crippen molar-refractivity contribution in [3.63, 3.8) is 0 Å². The van der Waals surface area contributed by atoms with E-state index in [0.29, 0.717) is 11.5 Å². The normalized spacial score (nSPS) is 11.4. The molecular weight excluding hydrogens is 711 g/mol. The van der Waals surface area contributed by atoms with Crippen LogP contribution >= 0.6 is 0 Å². The van der Waals surface area contributed by atoms with Crippen LogP contribution in [-0.4, -0.2) is 4.98 Å². The van der Waals surface area contributed by atoms with Crippen LogP contribution in [0.2, 0.25) is 0 Å². The quantitative estimate of drug-likeness (QED) is 0.155. The fourth-order valence-corrected chi connectivity index (χ4v) is 8.12. The summed E-state index contributed by atoms with van der Waals surface area (Å²) in [6.07, 6.45) is 0. The molecule has 0 radical (unpaired) electrons. The summed E-state index contributed by atoms with van der Waals surface area (Å²) in [6.45, 7) is 0. The van der Waals surface area contributed by atoms with Crippen molar-refractivity contribution in [1.29, 1.82) is 0 Å². The van der Waals surface area contributed by atoms with Gasteiger partial charge in [0.2, 0.25) is 5.89 Å². The summed E-state index contributed by atoms with van der Waals surface area (Å²) < 4.78 is 13.0. The van der Waals surface area contributed by atoms with Gasteiger partial charge in [0.1, 0.15) is 16.7 Å². The minimum Gasteiger partial charge on any atom is -0.456 e. The molecule has 0 spiro atoms. The minimum absolute atomic E-state index is 0.570. The van der Waals surface area contributed by atoms with Gasteiger partial charge in [-0.05, 0) is 108 Å². The van der Waals surface area contributed by atoms with Gasteiger partial charge in [0.15, 0.2) is 5.58 Å². The molecule has 5 heteroatoms. The molecule has 274 valence electrons. The molecule has 2 heterocycles. The lowest BCUT2D eigenvalue weighted by molar-refractivity contribution is 0.620. The zero-order valence-electron chi connectivity index (χ0n) is 31.4. The number of benzene rings is 9. The lowest BCUT2D eigenvalue weighted by Crippen LogP contribution is -2.12. The maximum absolute atomic E-state index is 6.70. The molecule has 0 aliphatic carbocycles. The van der Waals surface area contributed by atoms with E-state index in [-0.39, 0.29) is 0 Å². The van der Waals surface area contributed by atoms with Crippen LogP contribution in [0.3, 0.4) is 0 Å². The molecule has 2 aromatic heterocycles. The summed E-state index contributed by atoms with van der Waals surface area (Å²) in [5.74, 6) is 0.570. The summed E-state index contributed by atoms with van der Waals surface area (Å²) in [5, 5.41) is 4.19. The lowest BCUT2D eigenvalue weighted by atomic mass is 10.0. The molecule has 9 aromatic carbocycles. The molecule has 0 saturated carbocycles. The van der Waals surface area contributed by atoms with Gasteiger partial charge in [-0.3, -0.25) is 0 Å². The summed E-state index contributed by atoms with van der Waals surface area (Å²) in [6, 6.07) is 73.9. The molecule has 11 rings (SSSR count). The third-order valence-corrected chi connectivity index (χ3v) is 10.8. The molecule has 0 atom stereocenters. The van der Waals surface area contributed by atoms with Crippen molar-refractivity contribution in [3.8, 4) is 22.6 Å². The highest BCUT2D eigenvalue weighted by molar-refractivity contribution is 6.14. The first-order valence-corrected chi connectivity index (χ1v) is 19.5. The molecule has 5 nitrogen and oxygen atoms in total. The number of oxazole rings is 1. The largest absolute Gasteiger partial charge is 0.456 e. The van der Waals surface area contributed by atoms with E-state index in [1.165, 1.54) is 11.1 Å². The zero-order chi connectivity index (χ0) is 38.4. The Bertz CT molecular complexity index is 3210. The van der Waals surface area contributed by atoms with E-state index in [2.05, 4.69) is 168 Å². The maximum atomic E-state index is 6.70. The van der Waals surface area contributed by atoms with E-state index in [4.69, 9.17) is 13.8 Å². The van der Waals surface area contributed by atoms with Crippen LogP contribution in [0.25, 0.3) is 66.4 Å². The molecule has 0 fully saturated rings. The van der Waals surface area contributed by atoms with Crippen molar-refractivity contribution >= 4 is 77.9 Å². The molecule has 0 aliphatic heterocycles. The summed E-state index contributed by atoms with van der Waals surface area (Å²) in [4.78, 5) is 9.87. The number of anilines is 6. The molecule has 0 bridgehead atoms. The second-order valence-electron chi connectivity index (χ2n) is 14.4. The summed E-state index contributed by atoms with van der Waals surface area (Å²) in [7, 11) is 0. The van der Waals surface area contributed by atoms with Crippen LogP contribution < -0.4 is 9.80 Å². The standard InChI is InChI=1S/C53H35N3O2/c1-5-15-36(16-6-1)37-25-27-42(28-26-37)55(40-19-9-3-10-20-40)43-29-31-45-39(33-43)34-50-51(54-53(58-50)38-17-7-2-8-18-38)52(45)56(41-21-11-4-12-22-41)44-30-32-49-47(35-44)46-23-13-14-24-48(46)57-49/h1-35H. The van der Waals surface area contributed by atoms with E-state index in [1.807, 2.05) is 54.6 Å². The van der Waals surface area contributed by atoms with Crippen molar-refractivity contribution in [2.75, 3.05) is 9.80 Å². The highest BCUT2D eigenvalue weighted by atomic mass is 16.3. The molecule has 11 aromatic rings. The van der Waals surface area contributed by atoms with Crippen molar-refractivity contribution in [2.45, 2.75) is 0 Å². The van der Waals surface area contributed by atoms with E-state index >= 15 is 0 Å². The van der Waals surface area contributed by atoms with Gasteiger partial charge in [-0.25, -0.2) is 4.98 Å². The predicted molar refractivity (Wildman–Crippen MR) is 239 cm³/mol. The Kier molecular flexibility index (Phi) is 8.07. The van der Waals surface area contributed by atoms with E-state index in [1.54, 1.807) is 0 Å². The highest BCUT2D eigenvalue weighted by Crippen LogP contribution is 2.47. The third-order valence-electron chi connectivity index (χ3n) is 10.8. The summed E-state index contributed by atoms with van der Waals surface area (Å²) >= 11 is 0. The van der Waals surface area contributed by atoms with Gasteiger partial charge in [0, 0.05) is 50.2 Å². The number of hydrogen-bond acceptors (Lipinski definition) is 5. The Morgan fingerprint density at radius 2 is 0.862 bits per heavy atom. The first kappa shape index (κ1) is 33.4. The van der Waals surface area contributed by atoms with Crippen LogP contribution in [0.1, 0.15) is 0 Å². The monoisotopic (exact) mass is 745 g/mol. The van der Waals surface area contributed by atoms with Crippen LogP contribution in [0.4, 0.5) is 34.1 Å². The first-order valence-electron chi connectivity index (χ1n) is 19.5. The second-order valence-corrected chi connectivity index (χ2v) is 14.4. The first-order chi connectivity index (χ1) is 28.7. The van der Waals surface area contributed by atoms with Crippen LogP contribution in [0.5, 0.6) is 0 Å². The average molecular weight is 746 g/mol. The molecule has 0 amide bonds. The number of nitrogens with zero attached hydrogens (tertiary/aromatic N) is 3. The van der Waals surface area contributed by atoms with Crippen molar-refractivity contribution in [1.82, 2.24) is 4.98 Å². The number of fused-ring (bicyclic) bond motifs is 5. The number of para-hydroxylation sites is 3. The van der Waals surface area contributed by atoms with Gasteiger partial charge in [-0.2, -0.15) is 0 Å². The number of furan rings is 1. The van der Waals surface area contributed by atoms with E-state index < -0.39 is 0 Å². The Balaban J connectivity index is 1.15. The van der Waals surface area contributed by atoms with Crippen molar-refractivity contribution < 1.29 is 8.83 Å². The van der Waals surface area contributed by atoms with Gasteiger partial charge in [0.25, 0.3) is 0 Å². The van der Waals surface area contributed by atoms with Crippen LogP contribution in [0.15, 0.2) is 221 Å². The van der Waals surface area contributed by atoms with E-state index in [9.17, 15) is 0 Å². The van der Waals surface area contributed by atoms with Gasteiger partial charge in [0.05, 0.1) is 5.69 Å². The minimum atomic E-state index is 0.570. The molecule has 58 heavy (non-hydrogen) atoms. The lowest BCUT2D eigenvalue weighted by Gasteiger charge is -2.28. The Hall–Kier alpha value is -7.89.